The summed E-state index contributed by atoms with van der Waals surface area (Å²) in [7, 11) is 4.10. The van der Waals surface area contributed by atoms with E-state index in [0.717, 1.165) is 18.4 Å². The van der Waals surface area contributed by atoms with Crippen molar-refractivity contribution < 1.29 is 5.11 Å². The molecule has 1 rings (SSSR count). The first-order chi connectivity index (χ1) is 7.47. The van der Waals surface area contributed by atoms with Crippen molar-refractivity contribution in [2.75, 3.05) is 14.1 Å². The minimum absolute atomic E-state index is 0.145. The van der Waals surface area contributed by atoms with E-state index in [9.17, 15) is 5.11 Å². The summed E-state index contributed by atoms with van der Waals surface area (Å²) < 4.78 is 0. The van der Waals surface area contributed by atoms with Gasteiger partial charge in [-0.1, -0.05) is 13.8 Å². The minimum Gasteiger partial charge on any atom is -0.386 e. The summed E-state index contributed by atoms with van der Waals surface area (Å²) in [5.41, 5.74) is 0.910. The van der Waals surface area contributed by atoms with E-state index in [1.54, 1.807) is 11.3 Å². The summed E-state index contributed by atoms with van der Waals surface area (Å²) in [6.45, 7) is 6.37. The van der Waals surface area contributed by atoms with Crippen molar-refractivity contribution in [3.63, 3.8) is 0 Å². The number of thiophene rings is 1. The van der Waals surface area contributed by atoms with Crippen LogP contribution in [0.4, 0.5) is 0 Å². The highest BCUT2D eigenvalue weighted by Gasteiger charge is 2.37. The van der Waals surface area contributed by atoms with Crippen molar-refractivity contribution in [2.24, 2.45) is 0 Å². The van der Waals surface area contributed by atoms with Gasteiger partial charge in [-0.2, -0.15) is 0 Å². The van der Waals surface area contributed by atoms with E-state index in [0.29, 0.717) is 0 Å². The highest BCUT2D eigenvalue weighted by Crippen LogP contribution is 2.37. The van der Waals surface area contributed by atoms with Gasteiger partial charge in [0.1, 0.15) is 0 Å². The zero-order chi connectivity index (χ0) is 12.3. The molecule has 0 saturated carbocycles. The first kappa shape index (κ1) is 13.7. The predicted octanol–water partition coefficient (Wildman–Crippen LogP) is 3.21. The van der Waals surface area contributed by atoms with Gasteiger partial charge < -0.3 is 10.0 Å². The second-order valence-electron chi connectivity index (χ2n) is 4.60. The molecule has 0 fully saturated rings. The molecule has 0 spiro atoms. The second-order valence-corrected chi connectivity index (χ2v) is 5.71. The van der Waals surface area contributed by atoms with Crippen molar-refractivity contribution in [1.29, 1.82) is 0 Å². The number of hydrogen-bond donors (Lipinski definition) is 1. The molecule has 0 aromatic carbocycles. The number of aryl methyl sites for hydroxylation is 1. The highest BCUT2D eigenvalue weighted by atomic mass is 32.1. The van der Waals surface area contributed by atoms with Gasteiger partial charge in [0.25, 0.3) is 0 Å². The van der Waals surface area contributed by atoms with Crippen LogP contribution in [0.1, 0.15) is 43.2 Å². The van der Waals surface area contributed by atoms with Crippen LogP contribution in [0.2, 0.25) is 0 Å². The van der Waals surface area contributed by atoms with Gasteiger partial charge in [-0.25, -0.2) is 0 Å². The number of aliphatic hydroxyl groups is 1. The van der Waals surface area contributed by atoms with E-state index in [1.165, 1.54) is 4.88 Å². The van der Waals surface area contributed by atoms with Gasteiger partial charge in [0.2, 0.25) is 0 Å². The maximum atomic E-state index is 10.6. The van der Waals surface area contributed by atoms with Crippen LogP contribution >= 0.6 is 11.3 Å². The maximum absolute atomic E-state index is 10.6. The molecule has 1 heterocycles. The van der Waals surface area contributed by atoms with Crippen molar-refractivity contribution in [2.45, 2.75) is 45.3 Å². The lowest BCUT2D eigenvalue weighted by atomic mass is 9.82. The van der Waals surface area contributed by atoms with Crippen LogP contribution in [0.3, 0.4) is 0 Å². The molecule has 1 unspecified atom stereocenters. The van der Waals surface area contributed by atoms with Crippen molar-refractivity contribution in [1.82, 2.24) is 4.90 Å². The average molecular weight is 241 g/mol. The molecule has 0 aliphatic heterocycles. The quantitative estimate of drug-likeness (QED) is 0.855. The Kier molecular flexibility index (Phi) is 4.53. The summed E-state index contributed by atoms with van der Waals surface area (Å²) in [6.07, 6.45) is 1.50. The first-order valence-electron chi connectivity index (χ1n) is 5.88. The molecule has 1 aromatic heterocycles. The number of hydrogen-bond acceptors (Lipinski definition) is 3. The van der Waals surface area contributed by atoms with Crippen LogP contribution in [0, 0.1) is 6.92 Å². The molecule has 0 aliphatic carbocycles. The van der Waals surface area contributed by atoms with E-state index >= 15 is 0 Å². The lowest BCUT2D eigenvalue weighted by molar-refractivity contribution is -0.0147. The average Bonchev–Trinajstić information content (AvgIpc) is 2.66. The van der Waals surface area contributed by atoms with E-state index in [1.807, 2.05) is 0 Å². The molecular weight excluding hydrogens is 218 g/mol. The molecule has 0 radical (unpaired) electrons. The number of rotatable bonds is 5. The third-order valence-corrected chi connectivity index (χ3v) is 4.57. The zero-order valence-electron chi connectivity index (χ0n) is 10.9. The van der Waals surface area contributed by atoms with Gasteiger partial charge in [0.15, 0.2) is 0 Å². The Labute approximate surface area is 103 Å². The molecule has 1 aromatic rings. The topological polar surface area (TPSA) is 23.5 Å². The fourth-order valence-corrected chi connectivity index (χ4v) is 3.15. The van der Waals surface area contributed by atoms with Gasteiger partial charge in [-0.15, -0.1) is 11.3 Å². The van der Waals surface area contributed by atoms with Gasteiger partial charge in [-0.3, -0.25) is 0 Å². The molecule has 1 atom stereocenters. The smallest absolute Gasteiger partial charge is 0.0981 e. The van der Waals surface area contributed by atoms with Gasteiger partial charge >= 0.3 is 0 Å². The third kappa shape index (κ3) is 2.31. The lowest BCUT2D eigenvalue weighted by Gasteiger charge is -2.42. The minimum atomic E-state index is -0.401. The fourth-order valence-electron chi connectivity index (χ4n) is 2.43. The molecule has 3 heteroatoms. The highest BCUT2D eigenvalue weighted by molar-refractivity contribution is 7.10. The van der Waals surface area contributed by atoms with Gasteiger partial charge in [0, 0.05) is 10.4 Å². The van der Waals surface area contributed by atoms with Crippen molar-refractivity contribution >= 4 is 11.3 Å². The van der Waals surface area contributed by atoms with Gasteiger partial charge in [0.05, 0.1) is 6.10 Å². The van der Waals surface area contributed by atoms with Crippen LogP contribution in [-0.2, 0) is 0 Å². The normalized spacial score (nSPS) is 14.4. The number of nitrogens with zero attached hydrogens (tertiary/aromatic N) is 1. The largest absolute Gasteiger partial charge is 0.386 e. The Balaban J connectivity index is 3.04. The summed E-state index contributed by atoms with van der Waals surface area (Å²) >= 11 is 1.70. The SMILES string of the molecule is CCC(CC)(C(O)c1csc(C)c1)N(C)C. The molecular formula is C13H23NOS. The predicted molar refractivity (Wildman–Crippen MR) is 71.0 cm³/mol. The maximum Gasteiger partial charge on any atom is 0.0981 e. The van der Waals surface area contributed by atoms with E-state index in [4.69, 9.17) is 0 Å². The summed E-state index contributed by atoms with van der Waals surface area (Å²) in [4.78, 5) is 3.42. The zero-order valence-corrected chi connectivity index (χ0v) is 11.8. The Hall–Kier alpha value is -0.380. The molecule has 92 valence electrons. The summed E-state index contributed by atoms with van der Waals surface area (Å²) in [5.74, 6) is 0. The Bertz CT molecular complexity index is 328. The van der Waals surface area contributed by atoms with Crippen LogP contribution in [0.15, 0.2) is 11.4 Å². The third-order valence-electron chi connectivity index (χ3n) is 3.69. The Morgan fingerprint density at radius 3 is 2.25 bits per heavy atom. The molecule has 0 amide bonds. The van der Waals surface area contributed by atoms with Crippen LogP contribution in [-0.4, -0.2) is 29.6 Å². The standard InChI is InChI=1S/C13H23NOS/c1-6-13(7-2,14(4)5)12(15)11-8-10(3)16-9-11/h8-9,12,15H,6-7H2,1-5H3. The van der Waals surface area contributed by atoms with E-state index in [-0.39, 0.29) is 5.54 Å². The summed E-state index contributed by atoms with van der Waals surface area (Å²) in [5, 5.41) is 12.7. The van der Waals surface area contributed by atoms with Crippen molar-refractivity contribution in [3.8, 4) is 0 Å². The Morgan fingerprint density at radius 1 is 1.38 bits per heavy atom. The molecule has 0 bridgehead atoms. The molecule has 16 heavy (non-hydrogen) atoms. The number of aliphatic hydroxyl groups excluding tert-OH is 1. The molecule has 0 aliphatic rings. The van der Waals surface area contributed by atoms with E-state index in [2.05, 4.69) is 51.2 Å². The lowest BCUT2D eigenvalue weighted by Crippen LogP contribution is -2.48. The van der Waals surface area contributed by atoms with Crippen LogP contribution in [0.25, 0.3) is 0 Å². The number of likely N-dealkylation sites (N-methyl/N-ethyl adjacent to an activating group) is 1. The summed E-state index contributed by atoms with van der Waals surface area (Å²) in [6, 6.07) is 2.10. The second kappa shape index (κ2) is 5.30. The first-order valence-corrected chi connectivity index (χ1v) is 6.76. The Morgan fingerprint density at radius 2 is 1.94 bits per heavy atom. The molecule has 1 N–H and O–H groups in total. The molecule has 0 saturated heterocycles. The monoisotopic (exact) mass is 241 g/mol. The van der Waals surface area contributed by atoms with Crippen LogP contribution in [0.5, 0.6) is 0 Å². The molecule has 2 nitrogen and oxygen atoms in total. The fraction of sp³-hybridized carbons (Fsp3) is 0.692. The van der Waals surface area contributed by atoms with E-state index < -0.39 is 6.10 Å². The van der Waals surface area contributed by atoms with Crippen molar-refractivity contribution in [3.05, 3.63) is 21.9 Å². The van der Waals surface area contributed by atoms with Crippen LogP contribution < -0.4 is 0 Å². The van der Waals surface area contributed by atoms with Gasteiger partial charge in [-0.05, 0) is 50.9 Å².